The minimum absolute atomic E-state index is 0.138. The van der Waals surface area contributed by atoms with Crippen LogP contribution >= 0.6 is 35.6 Å². The molecule has 27 heavy (non-hydrogen) atoms. The average Bonchev–Trinajstić information content (AvgIpc) is 2.77. The zero-order valence-corrected chi connectivity index (χ0v) is 17.2. The summed E-state index contributed by atoms with van der Waals surface area (Å²) in [6, 6.07) is 11.1. The van der Waals surface area contributed by atoms with E-state index in [1.165, 1.54) is 11.8 Å². The highest BCUT2D eigenvalue weighted by Crippen LogP contribution is 2.49. The van der Waals surface area contributed by atoms with E-state index in [1.54, 1.807) is 26.4 Å². The van der Waals surface area contributed by atoms with E-state index in [-0.39, 0.29) is 11.2 Å². The summed E-state index contributed by atoms with van der Waals surface area (Å²) in [5.41, 5.74) is 8.20. The predicted octanol–water partition coefficient (Wildman–Crippen LogP) is 4.18. The molecule has 0 aliphatic carbocycles. The Hall–Kier alpha value is -1.96. The van der Waals surface area contributed by atoms with E-state index < -0.39 is 5.25 Å². The van der Waals surface area contributed by atoms with Gasteiger partial charge < -0.3 is 20.5 Å². The molecule has 142 valence electrons. The van der Waals surface area contributed by atoms with E-state index in [0.717, 1.165) is 11.1 Å². The van der Waals surface area contributed by atoms with Crippen molar-refractivity contribution >= 4 is 52.2 Å². The van der Waals surface area contributed by atoms with Gasteiger partial charge in [0.25, 0.3) is 0 Å². The number of halogens is 1. The highest BCUT2D eigenvalue weighted by Gasteiger charge is 2.34. The molecule has 8 heteroatoms. The number of anilines is 1. The number of carbonyl (C=O) groups excluding carboxylic acids is 1. The first-order chi connectivity index (χ1) is 12.9. The number of methoxy groups -OCH3 is 2. The topological polar surface area (TPSA) is 73.6 Å². The Balaban J connectivity index is 2.18. The maximum atomic E-state index is 12.7. The molecule has 0 saturated heterocycles. The Morgan fingerprint density at radius 2 is 2.04 bits per heavy atom. The fraction of sp³-hybridized carbons (Fsp3) is 0.263. The predicted molar refractivity (Wildman–Crippen MR) is 114 cm³/mol. The Bertz CT molecular complexity index is 891. The first-order valence-corrected chi connectivity index (χ1v) is 9.92. The fourth-order valence-corrected chi connectivity index (χ4v) is 4.97. The lowest BCUT2D eigenvalue weighted by Gasteiger charge is -2.23. The lowest BCUT2D eigenvalue weighted by Crippen LogP contribution is -2.28. The normalized spacial score (nSPS) is 18.9. The smallest absolute Gasteiger partial charge is 0.237 e. The van der Waals surface area contributed by atoms with Crippen LogP contribution in [-0.2, 0) is 4.79 Å². The van der Waals surface area contributed by atoms with Crippen molar-refractivity contribution in [2.24, 2.45) is 5.73 Å². The second-order valence-electron chi connectivity index (χ2n) is 5.98. The summed E-state index contributed by atoms with van der Waals surface area (Å²) in [4.78, 5) is 13.0. The Morgan fingerprint density at radius 3 is 2.70 bits per heavy atom. The van der Waals surface area contributed by atoms with E-state index in [1.807, 2.05) is 24.3 Å². The van der Waals surface area contributed by atoms with Gasteiger partial charge in [0.2, 0.25) is 5.91 Å². The quantitative estimate of drug-likeness (QED) is 0.704. The van der Waals surface area contributed by atoms with E-state index in [2.05, 4.69) is 5.32 Å². The largest absolute Gasteiger partial charge is 0.493 e. The first-order valence-electron chi connectivity index (χ1n) is 8.19. The molecule has 3 N–H and O–H groups in total. The standard InChI is InChI=1S/C19H19ClN2O3S2/c1-24-14-5-3-4-11(17(14)25-2)18-12-8-10(20)6-7-13(12)22-19(23)15(27-18)9-16(21)26/h3-8,15,18H,9H2,1-2H3,(H2,21,26)(H,22,23)/t15-,18-/m0/s1. The third-order valence-electron chi connectivity index (χ3n) is 4.25. The molecule has 0 unspecified atom stereocenters. The third-order valence-corrected chi connectivity index (χ3v) is 6.14. The van der Waals surface area contributed by atoms with Crippen LogP contribution in [0.5, 0.6) is 11.5 Å². The van der Waals surface area contributed by atoms with E-state index in [0.29, 0.717) is 33.6 Å². The van der Waals surface area contributed by atoms with Gasteiger partial charge in [-0.3, -0.25) is 4.79 Å². The number of hydrogen-bond donors (Lipinski definition) is 2. The van der Waals surface area contributed by atoms with Crippen LogP contribution in [0.1, 0.15) is 22.8 Å². The van der Waals surface area contributed by atoms with Crippen LogP contribution in [-0.4, -0.2) is 30.4 Å². The minimum Gasteiger partial charge on any atom is -0.493 e. The molecule has 0 fully saturated rings. The summed E-state index contributed by atoms with van der Waals surface area (Å²) in [5, 5.41) is 2.90. The zero-order chi connectivity index (χ0) is 19.6. The number of nitrogens with one attached hydrogen (secondary N) is 1. The van der Waals surface area contributed by atoms with Crippen molar-refractivity contribution < 1.29 is 14.3 Å². The third kappa shape index (κ3) is 4.15. The van der Waals surface area contributed by atoms with Gasteiger partial charge in [0.05, 0.1) is 29.7 Å². The van der Waals surface area contributed by atoms with Crippen LogP contribution in [0.4, 0.5) is 5.69 Å². The zero-order valence-electron chi connectivity index (χ0n) is 14.8. The van der Waals surface area contributed by atoms with Gasteiger partial charge in [-0.15, -0.1) is 11.8 Å². The molecule has 1 aliphatic rings. The molecule has 1 amide bonds. The molecular formula is C19H19ClN2O3S2. The van der Waals surface area contributed by atoms with E-state index in [9.17, 15) is 4.79 Å². The maximum absolute atomic E-state index is 12.7. The van der Waals surface area contributed by atoms with Crippen LogP contribution in [0.25, 0.3) is 0 Å². The molecule has 3 rings (SSSR count). The molecule has 2 aromatic rings. The number of fused-ring (bicyclic) bond motifs is 1. The molecule has 0 radical (unpaired) electrons. The molecule has 2 atom stereocenters. The van der Waals surface area contributed by atoms with Gasteiger partial charge in [0.15, 0.2) is 11.5 Å². The van der Waals surface area contributed by atoms with Gasteiger partial charge in [-0.25, -0.2) is 0 Å². The second-order valence-corrected chi connectivity index (χ2v) is 8.25. The van der Waals surface area contributed by atoms with Gasteiger partial charge in [0, 0.05) is 22.7 Å². The molecular weight excluding hydrogens is 404 g/mol. The minimum atomic E-state index is -0.436. The van der Waals surface area contributed by atoms with Crippen molar-refractivity contribution in [3.8, 4) is 11.5 Å². The maximum Gasteiger partial charge on any atom is 0.237 e. The Kier molecular flexibility index (Phi) is 6.14. The van der Waals surface area contributed by atoms with Crippen molar-refractivity contribution in [3.63, 3.8) is 0 Å². The number of para-hydroxylation sites is 1. The molecule has 5 nitrogen and oxygen atoms in total. The van der Waals surface area contributed by atoms with Crippen LogP contribution in [0.15, 0.2) is 36.4 Å². The highest BCUT2D eigenvalue weighted by molar-refractivity contribution is 8.01. The van der Waals surface area contributed by atoms with Crippen molar-refractivity contribution in [1.29, 1.82) is 0 Å². The molecule has 0 spiro atoms. The Morgan fingerprint density at radius 1 is 1.26 bits per heavy atom. The molecule has 0 aromatic heterocycles. The molecule has 1 heterocycles. The summed E-state index contributed by atoms with van der Waals surface area (Å²) in [7, 11) is 3.19. The average molecular weight is 423 g/mol. The number of hydrogen-bond acceptors (Lipinski definition) is 5. The van der Waals surface area contributed by atoms with Crippen LogP contribution in [0, 0.1) is 0 Å². The molecule has 2 aromatic carbocycles. The number of thiocarbonyl (C=S) groups is 1. The molecule has 1 aliphatic heterocycles. The monoisotopic (exact) mass is 422 g/mol. The number of nitrogens with two attached hydrogens (primary N) is 1. The van der Waals surface area contributed by atoms with Gasteiger partial charge in [-0.1, -0.05) is 36.0 Å². The fourth-order valence-electron chi connectivity index (χ4n) is 3.06. The molecule has 0 saturated carbocycles. The van der Waals surface area contributed by atoms with E-state index >= 15 is 0 Å². The van der Waals surface area contributed by atoms with Crippen molar-refractivity contribution in [2.75, 3.05) is 19.5 Å². The van der Waals surface area contributed by atoms with Crippen LogP contribution < -0.4 is 20.5 Å². The number of carbonyl (C=O) groups is 1. The van der Waals surface area contributed by atoms with Gasteiger partial charge >= 0.3 is 0 Å². The lowest BCUT2D eigenvalue weighted by molar-refractivity contribution is -0.115. The van der Waals surface area contributed by atoms with Gasteiger partial charge in [0.1, 0.15) is 0 Å². The Labute approximate surface area is 172 Å². The summed E-state index contributed by atoms with van der Waals surface area (Å²) in [5.74, 6) is 1.10. The SMILES string of the molecule is COc1cccc([C@@H]2S[C@@H](CC(N)=S)C(=O)Nc3ccc(Cl)cc32)c1OC. The second kappa shape index (κ2) is 8.37. The number of rotatable bonds is 5. The number of amides is 1. The van der Waals surface area contributed by atoms with Crippen molar-refractivity contribution in [1.82, 2.24) is 0 Å². The van der Waals surface area contributed by atoms with E-state index in [4.69, 9.17) is 39.0 Å². The summed E-state index contributed by atoms with van der Waals surface area (Å²) >= 11 is 12.8. The number of benzene rings is 2. The van der Waals surface area contributed by atoms with Crippen LogP contribution in [0.3, 0.4) is 0 Å². The highest BCUT2D eigenvalue weighted by atomic mass is 35.5. The summed E-state index contributed by atoms with van der Waals surface area (Å²) < 4.78 is 11.1. The number of thioether (sulfide) groups is 1. The lowest BCUT2D eigenvalue weighted by atomic mass is 10.0. The van der Waals surface area contributed by atoms with Gasteiger partial charge in [-0.05, 0) is 29.8 Å². The first kappa shape index (κ1) is 19.8. The van der Waals surface area contributed by atoms with Crippen molar-refractivity contribution in [3.05, 3.63) is 52.5 Å². The van der Waals surface area contributed by atoms with Crippen LogP contribution in [0.2, 0.25) is 5.02 Å². The van der Waals surface area contributed by atoms with Gasteiger partial charge in [-0.2, -0.15) is 0 Å². The number of ether oxygens (including phenoxy) is 2. The van der Waals surface area contributed by atoms with Crippen molar-refractivity contribution in [2.45, 2.75) is 16.9 Å². The summed E-state index contributed by atoms with van der Waals surface area (Å²) in [6.07, 6.45) is 0.302. The summed E-state index contributed by atoms with van der Waals surface area (Å²) in [6.45, 7) is 0. The molecule has 0 bridgehead atoms.